The van der Waals surface area contributed by atoms with E-state index in [-0.39, 0.29) is 0 Å². The normalized spacial score (nSPS) is 14.1. The van der Waals surface area contributed by atoms with Crippen molar-refractivity contribution in [3.8, 4) is 0 Å². The van der Waals surface area contributed by atoms with Crippen LogP contribution < -0.4 is 27.3 Å². The average Bonchev–Trinajstić information content (AvgIpc) is 2.81. The first-order chi connectivity index (χ1) is 13.2. The van der Waals surface area contributed by atoms with Crippen molar-refractivity contribution in [2.45, 2.75) is 6.54 Å². The Kier molecular flexibility index (Phi) is 4.49. The van der Waals surface area contributed by atoms with E-state index in [1.807, 2.05) is 48.5 Å². The zero-order valence-electron chi connectivity index (χ0n) is 14.2. The first-order valence-electron chi connectivity index (χ1n) is 8.20. The summed E-state index contributed by atoms with van der Waals surface area (Å²) in [4.78, 5) is 8.91. The van der Waals surface area contributed by atoms with Crippen molar-refractivity contribution in [1.82, 2.24) is 9.97 Å². The monoisotopic (exact) mass is 380 g/mol. The van der Waals surface area contributed by atoms with Crippen LogP contribution in [0.4, 0.5) is 23.1 Å². The number of hydrazone groups is 1. The molecule has 4 rings (SSSR count). The van der Waals surface area contributed by atoms with E-state index in [1.54, 1.807) is 6.20 Å². The maximum absolute atomic E-state index is 6.20. The maximum Gasteiger partial charge on any atom is 0.224 e. The van der Waals surface area contributed by atoms with Crippen LogP contribution in [-0.4, -0.2) is 15.8 Å². The molecule has 0 unspecified atom stereocenters. The van der Waals surface area contributed by atoms with Gasteiger partial charge in [-0.25, -0.2) is 10.8 Å². The number of fused-ring (bicyclic) bond motifs is 2. The predicted molar refractivity (Wildman–Crippen MR) is 108 cm³/mol. The fraction of sp³-hybridized carbons (Fsp3) is 0.0556. The van der Waals surface area contributed by atoms with E-state index in [9.17, 15) is 0 Å². The zero-order valence-corrected chi connectivity index (χ0v) is 15.0. The number of anilines is 4. The van der Waals surface area contributed by atoms with Crippen LogP contribution >= 0.6 is 11.6 Å². The van der Waals surface area contributed by atoms with Gasteiger partial charge in [-0.1, -0.05) is 35.9 Å². The third-order valence-electron chi connectivity index (χ3n) is 4.16. The molecule has 0 radical (unpaired) electrons. The Morgan fingerprint density at radius 2 is 1.93 bits per heavy atom. The van der Waals surface area contributed by atoms with Crippen LogP contribution in [-0.2, 0) is 6.54 Å². The molecule has 3 aromatic rings. The van der Waals surface area contributed by atoms with Gasteiger partial charge < -0.3 is 16.5 Å². The summed E-state index contributed by atoms with van der Waals surface area (Å²) < 4.78 is 0. The van der Waals surface area contributed by atoms with Crippen molar-refractivity contribution in [1.29, 1.82) is 0 Å². The number of aromatic nitrogens is 2. The molecular formula is C18H17ClN8. The van der Waals surface area contributed by atoms with Crippen LogP contribution in [0.15, 0.2) is 59.8 Å². The van der Waals surface area contributed by atoms with Crippen molar-refractivity contribution in [2.24, 2.45) is 16.8 Å². The quantitative estimate of drug-likeness (QED) is 0.407. The molecule has 8 nitrogen and oxygen atoms in total. The van der Waals surface area contributed by atoms with Gasteiger partial charge in [-0.3, -0.25) is 5.01 Å². The van der Waals surface area contributed by atoms with Crippen LogP contribution in [0.1, 0.15) is 11.1 Å². The third kappa shape index (κ3) is 3.35. The number of hydrogen-bond acceptors (Lipinski definition) is 7. The molecule has 0 aliphatic carbocycles. The molecule has 2 heterocycles. The van der Waals surface area contributed by atoms with Crippen LogP contribution in [0, 0.1) is 0 Å². The summed E-state index contributed by atoms with van der Waals surface area (Å²) >= 11 is 5.92. The van der Waals surface area contributed by atoms with Gasteiger partial charge in [-0.05, 0) is 29.8 Å². The topological polar surface area (TPSA) is 117 Å². The van der Waals surface area contributed by atoms with Crippen molar-refractivity contribution in [3.05, 3.63) is 70.9 Å². The molecule has 9 heteroatoms. The lowest BCUT2D eigenvalue weighted by atomic mass is 10.2. The summed E-state index contributed by atoms with van der Waals surface area (Å²) in [6.45, 7) is 0.563. The third-order valence-corrected chi connectivity index (χ3v) is 4.41. The molecule has 2 aromatic carbocycles. The number of nitrogens with zero attached hydrogens (tertiary/aromatic N) is 4. The highest BCUT2D eigenvalue weighted by Crippen LogP contribution is 2.33. The number of nitrogens with one attached hydrogen (secondary N) is 2. The van der Waals surface area contributed by atoms with Gasteiger partial charge in [-0.15, -0.1) is 0 Å². The fourth-order valence-electron chi connectivity index (χ4n) is 2.80. The smallest absolute Gasteiger partial charge is 0.224 e. The molecule has 1 aromatic heterocycles. The molecule has 0 spiro atoms. The lowest BCUT2D eigenvalue weighted by Gasteiger charge is -2.18. The minimum Gasteiger partial charge on any atom is -0.350 e. The summed E-state index contributed by atoms with van der Waals surface area (Å²) in [6.07, 6.45) is 1.64. The predicted octanol–water partition coefficient (Wildman–Crippen LogP) is 2.80. The Hall–Kier alpha value is -3.36. The highest BCUT2D eigenvalue weighted by Gasteiger charge is 2.24. The van der Waals surface area contributed by atoms with E-state index in [0.717, 1.165) is 16.9 Å². The largest absolute Gasteiger partial charge is 0.350 e. The van der Waals surface area contributed by atoms with Gasteiger partial charge in [0.25, 0.3) is 0 Å². The van der Waals surface area contributed by atoms with E-state index >= 15 is 0 Å². The van der Waals surface area contributed by atoms with Crippen molar-refractivity contribution in [2.75, 3.05) is 15.6 Å². The molecule has 1 aliphatic heterocycles. The Morgan fingerprint density at radius 3 is 2.70 bits per heavy atom. The van der Waals surface area contributed by atoms with E-state index < -0.39 is 0 Å². The zero-order chi connectivity index (χ0) is 18.8. The number of amidine groups is 1. The molecule has 6 N–H and O–H groups in total. The minimum atomic E-state index is 0.367. The van der Waals surface area contributed by atoms with E-state index in [1.165, 1.54) is 5.01 Å². The number of rotatable bonds is 3. The van der Waals surface area contributed by atoms with Crippen LogP contribution in [0.5, 0.6) is 0 Å². The molecule has 136 valence electrons. The molecular weight excluding hydrogens is 364 g/mol. The molecule has 0 atom stereocenters. The molecule has 0 saturated carbocycles. The Balaban J connectivity index is 1.65. The Bertz CT molecular complexity index is 1000. The van der Waals surface area contributed by atoms with Crippen molar-refractivity contribution >= 4 is 40.6 Å². The molecule has 0 bridgehead atoms. The van der Waals surface area contributed by atoms with Crippen LogP contribution in [0.2, 0.25) is 5.02 Å². The molecule has 27 heavy (non-hydrogen) atoms. The second-order valence-corrected chi connectivity index (χ2v) is 6.34. The molecule has 1 aliphatic rings. The number of nitrogens with two attached hydrogens (primary N) is 2. The van der Waals surface area contributed by atoms with Gasteiger partial charge in [0.05, 0.1) is 16.9 Å². The average molecular weight is 381 g/mol. The van der Waals surface area contributed by atoms with Crippen LogP contribution in [0.25, 0.3) is 0 Å². The van der Waals surface area contributed by atoms with Crippen LogP contribution in [0.3, 0.4) is 0 Å². The number of para-hydroxylation sites is 2. The lowest BCUT2D eigenvalue weighted by molar-refractivity contribution is 1.05. The van der Waals surface area contributed by atoms with E-state index in [4.69, 9.17) is 23.3 Å². The highest BCUT2D eigenvalue weighted by atomic mass is 35.5. The van der Waals surface area contributed by atoms with Gasteiger partial charge >= 0.3 is 0 Å². The second-order valence-electron chi connectivity index (χ2n) is 5.90. The Morgan fingerprint density at radius 1 is 1.15 bits per heavy atom. The van der Waals surface area contributed by atoms with Gasteiger partial charge in [0.15, 0.2) is 5.84 Å². The second kappa shape index (κ2) is 7.10. The molecule has 0 saturated heterocycles. The minimum absolute atomic E-state index is 0.367. The summed E-state index contributed by atoms with van der Waals surface area (Å²) in [5.74, 6) is 13.2. The number of benzene rings is 2. The number of hydrazine groups is 1. The van der Waals surface area contributed by atoms with Gasteiger partial charge in [0, 0.05) is 17.8 Å². The van der Waals surface area contributed by atoms with Gasteiger partial charge in [0.2, 0.25) is 5.95 Å². The number of halogens is 1. The van der Waals surface area contributed by atoms with Gasteiger partial charge in [-0.2, -0.15) is 10.1 Å². The van der Waals surface area contributed by atoms with Crippen molar-refractivity contribution < 1.29 is 0 Å². The molecule has 0 amide bonds. The highest BCUT2D eigenvalue weighted by molar-refractivity contribution is 6.30. The first kappa shape index (κ1) is 17.1. The summed E-state index contributed by atoms with van der Waals surface area (Å²) in [7, 11) is 0. The first-order valence-corrected chi connectivity index (χ1v) is 8.58. The van der Waals surface area contributed by atoms with E-state index in [0.29, 0.717) is 34.7 Å². The summed E-state index contributed by atoms with van der Waals surface area (Å²) in [6, 6.07) is 15.1. The van der Waals surface area contributed by atoms with Gasteiger partial charge in [0.1, 0.15) is 5.82 Å². The van der Waals surface area contributed by atoms with Crippen molar-refractivity contribution in [3.63, 3.8) is 0 Å². The maximum atomic E-state index is 6.20. The summed E-state index contributed by atoms with van der Waals surface area (Å²) in [5.41, 5.74) is 3.19. The SMILES string of the molecule is N/N=C1/c2cnc(NCc3ccc(Cl)cc3)nc2Nc2ccccc2N1N. The molecule has 0 fully saturated rings. The number of hydrogen-bond donors (Lipinski definition) is 4. The fourth-order valence-corrected chi connectivity index (χ4v) is 2.93. The lowest BCUT2D eigenvalue weighted by Crippen LogP contribution is -2.38. The van der Waals surface area contributed by atoms with E-state index in [2.05, 4.69) is 25.7 Å². The standard InChI is InChI=1S/C18H17ClN8/c19-12-7-5-11(6-8-12)9-22-18-23-10-13-16(25-18)24-14-3-1-2-4-15(14)27(21)17(13)26-20/h1-8,10H,9,20-21H2,(H2,22,23,24,25)/b26-17-. The summed E-state index contributed by atoms with van der Waals surface area (Å²) in [5, 5.41) is 12.4. The Labute approximate surface area is 160 Å².